The first-order chi connectivity index (χ1) is 8.18. The number of halogens is 1. The number of rotatable bonds is 2. The van der Waals surface area contributed by atoms with Crippen LogP contribution in [0.1, 0.15) is 12.1 Å². The van der Waals surface area contributed by atoms with E-state index in [1.165, 1.54) is 0 Å². The van der Waals surface area contributed by atoms with E-state index in [9.17, 15) is 4.79 Å². The van der Waals surface area contributed by atoms with Crippen molar-refractivity contribution in [3.8, 4) is 0 Å². The summed E-state index contributed by atoms with van der Waals surface area (Å²) < 4.78 is 1.66. The largest absolute Gasteiger partial charge is 0.340 e. The first-order valence-corrected chi connectivity index (χ1v) is 6.22. The highest BCUT2D eigenvalue weighted by Crippen LogP contribution is 2.13. The summed E-state index contributed by atoms with van der Waals surface area (Å²) in [5.41, 5.74) is 0.841. The fourth-order valence-electron chi connectivity index (χ4n) is 1.91. The van der Waals surface area contributed by atoms with E-state index in [-0.39, 0.29) is 12.5 Å². The summed E-state index contributed by atoms with van der Waals surface area (Å²) in [6.45, 7) is 5.58. The number of nitrogens with zero attached hydrogens (tertiary/aromatic N) is 3. The highest BCUT2D eigenvalue weighted by Gasteiger charge is 2.17. The minimum Gasteiger partial charge on any atom is -0.340 e. The van der Waals surface area contributed by atoms with Crippen LogP contribution in [0.5, 0.6) is 0 Å². The van der Waals surface area contributed by atoms with Crippen LogP contribution in [0, 0.1) is 6.92 Å². The van der Waals surface area contributed by atoms with E-state index in [1.807, 2.05) is 11.8 Å². The van der Waals surface area contributed by atoms with Gasteiger partial charge in [-0.15, -0.1) is 0 Å². The molecule has 1 saturated heterocycles. The van der Waals surface area contributed by atoms with Crippen LogP contribution in [0.15, 0.2) is 6.20 Å². The third-order valence-corrected chi connectivity index (χ3v) is 3.39. The Morgan fingerprint density at radius 3 is 3.06 bits per heavy atom. The van der Waals surface area contributed by atoms with Crippen molar-refractivity contribution in [2.24, 2.45) is 0 Å². The van der Waals surface area contributed by atoms with E-state index >= 15 is 0 Å². The molecular formula is C11H17ClN4O. The number of carbonyl (C=O) groups is 1. The van der Waals surface area contributed by atoms with Crippen LogP contribution in [0.2, 0.25) is 5.02 Å². The molecule has 0 bridgehead atoms. The molecule has 2 rings (SSSR count). The van der Waals surface area contributed by atoms with Gasteiger partial charge in [0.2, 0.25) is 5.91 Å². The topological polar surface area (TPSA) is 50.2 Å². The number of amides is 1. The second-order valence-corrected chi connectivity index (χ2v) is 4.63. The second kappa shape index (κ2) is 5.51. The summed E-state index contributed by atoms with van der Waals surface area (Å²) in [6.07, 6.45) is 2.58. The van der Waals surface area contributed by atoms with Gasteiger partial charge >= 0.3 is 0 Å². The van der Waals surface area contributed by atoms with Crippen LogP contribution in [0.4, 0.5) is 0 Å². The van der Waals surface area contributed by atoms with Crippen LogP contribution in [-0.2, 0) is 11.3 Å². The molecule has 1 aromatic rings. The van der Waals surface area contributed by atoms with Crippen LogP contribution < -0.4 is 5.32 Å². The molecule has 0 aromatic carbocycles. The van der Waals surface area contributed by atoms with Crippen molar-refractivity contribution in [2.45, 2.75) is 19.9 Å². The molecule has 6 heteroatoms. The van der Waals surface area contributed by atoms with Gasteiger partial charge in [0, 0.05) is 19.6 Å². The Morgan fingerprint density at radius 2 is 2.35 bits per heavy atom. The van der Waals surface area contributed by atoms with Gasteiger partial charge in [0.15, 0.2) is 0 Å². The molecule has 1 amide bonds. The number of hydrogen-bond acceptors (Lipinski definition) is 3. The van der Waals surface area contributed by atoms with Gasteiger partial charge in [0.25, 0.3) is 0 Å². The van der Waals surface area contributed by atoms with Gasteiger partial charge in [-0.2, -0.15) is 5.10 Å². The lowest BCUT2D eigenvalue weighted by Crippen LogP contribution is -2.36. The lowest BCUT2D eigenvalue weighted by molar-refractivity contribution is -0.131. The maximum absolute atomic E-state index is 12.1. The molecule has 0 atom stereocenters. The fourth-order valence-corrected chi connectivity index (χ4v) is 2.05. The highest BCUT2D eigenvalue weighted by atomic mass is 35.5. The minimum atomic E-state index is 0.108. The standard InChI is InChI=1S/C11H17ClN4O/c1-9-10(12)7-14-16(9)8-11(17)15-5-2-3-13-4-6-15/h7,13H,2-6,8H2,1H3. The summed E-state index contributed by atoms with van der Waals surface area (Å²) in [4.78, 5) is 14.0. The number of carbonyl (C=O) groups excluding carboxylic acids is 1. The second-order valence-electron chi connectivity index (χ2n) is 4.22. The zero-order valence-corrected chi connectivity index (χ0v) is 10.7. The van der Waals surface area contributed by atoms with E-state index in [0.29, 0.717) is 5.02 Å². The van der Waals surface area contributed by atoms with Crippen LogP contribution in [0.25, 0.3) is 0 Å². The van der Waals surface area contributed by atoms with Gasteiger partial charge in [0.05, 0.1) is 16.9 Å². The number of nitrogens with one attached hydrogen (secondary N) is 1. The van der Waals surface area contributed by atoms with Crippen molar-refractivity contribution in [3.05, 3.63) is 16.9 Å². The summed E-state index contributed by atoms with van der Waals surface area (Å²) >= 11 is 5.91. The van der Waals surface area contributed by atoms with Crippen LogP contribution in [-0.4, -0.2) is 46.8 Å². The van der Waals surface area contributed by atoms with Gasteiger partial charge in [0.1, 0.15) is 6.54 Å². The molecule has 0 saturated carbocycles. The number of aromatic nitrogens is 2. The summed E-state index contributed by atoms with van der Waals surface area (Å²) in [6, 6.07) is 0. The Bertz CT molecular complexity index is 396. The average molecular weight is 257 g/mol. The Kier molecular flexibility index (Phi) is 4.02. The summed E-state index contributed by atoms with van der Waals surface area (Å²) in [5, 5.41) is 7.98. The maximum Gasteiger partial charge on any atom is 0.244 e. The van der Waals surface area contributed by atoms with E-state index < -0.39 is 0 Å². The SMILES string of the molecule is Cc1c(Cl)cnn1CC(=O)N1CCCNCC1. The monoisotopic (exact) mass is 256 g/mol. The van der Waals surface area contributed by atoms with Crippen molar-refractivity contribution in [1.82, 2.24) is 20.0 Å². The van der Waals surface area contributed by atoms with Gasteiger partial charge < -0.3 is 10.2 Å². The van der Waals surface area contributed by atoms with E-state index in [1.54, 1.807) is 10.9 Å². The predicted octanol–water partition coefficient (Wildman–Crippen LogP) is 0.667. The van der Waals surface area contributed by atoms with Gasteiger partial charge in [-0.3, -0.25) is 9.48 Å². The summed E-state index contributed by atoms with van der Waals surface area (Å²) in [5.74, 6) is 0.108. The van der Waals surface area contributed by atoms with Crippen molar-refractivity contribution in [1.29, 1.82) is 0 Å². The Hall–Kier alpha value is -1.07. The third-order valence-electron chi connectivity index (χ3n) is 3.02. The van der Waals surface area contributed by atoms with Gasteiger partial charge in [-0.25, -0.2) is 0 Å². The molecule has 0 unspecified atom stereocenters. The van der Waals surface area contributed by atoms with Gasteiger partial charge in [-0.1, -0.05) is 11.6 Å². The molecule has 17 heavy (non-hydrogen) atoms. The zero-order chi connectivity index (χ0) is 12.3. The van der Waals surface area contributed by atoms with Crippen molar-refractivity contribution < 1.29 is 4.79 Å². The molecule has 5 nitrogen and oxygen atoms in total. The lowest BCUT2D eigenvalue weighted by atomic mass is 10.3. The van der Waals surface area contributed by atoms with E-state index in [0.717, 1.165) is 38.3 Å². The molecule has 1 aliphatic rings. The quantitative estimate of drug-likeness (QED) is 0.846. The molecule has 94 valence electrons. The maximum atomic E-state index is 12.1. The fraction of sp³-hybridized carbons (Fsp3) is 0.636. The van der Waals surface area contributed by atoms with Gasteiger partial charge in [-0.05, 0) is 19.9 Å². The molecule has 1 N–H and O–H groups in total. The molecule has 1 aromatic heterocycles. The molecule has 0 spiro atoms. The van der Waals surface area contributed by atoms with E-state index in [4.69, 9.17) is 11.6 Å². The minimum absolute atomic E-state index is 0.108. The lowest BCUT2D eigenvalue weighted by Gasteiger charge is -2.20. The Balaban J connectivity index is 1.98. The zero-order valence-electron chi connectivity index (χ0n) is 9.95. The molecule has 2 heterocycles. The molecule has 1 aliphatic heterocycles. The highest BCUT2D eigenvalue weighted by molar-refractivity contribution is 6.31. The number of hydrogen-bond donors (Lipinski definition) is 1. The molecule has 0 aliphatic carbocycles. The van der Waals surface area contributed by atoms with Crippen molar-refractivity contribution >= 4 is 17.5 Å². The van der Waals surface area contributed by atoms with Crippen LogP contribution in [0.3, 0.4) is 0 Å². The average Bonchev–Trinajstić information content (AvgIpc) is 2.59. The Morgan fingerprint density at radius 1 is 1.53 bits per heavy atom. The Labute approximate surface area is 106 Å². The van der Waals surface area contributed by atoms with Crippen molar-refractivity contribution in [2.75, 3.05) is 26.2 Å². The summed E-state index contributed by atoms with van der Waals surface area (Å²) in [7, 11) is 0. The molecule has 1 fully saturated rings. The first kappa shape index (κ1) is 12.4. The predicted molar refractivity (Wildman–Crippen MR) is 66.0 cm³/mol. The van der Waals surface area contributed by atoms with Crippen LogP contribution >= 0.6 is 11.6 Å². The van der Waals surface area contributed by atoms with E-state index in [2.05, 4.69) is 10.4 Å². The van der Waals surface area contributed by atoms with Crippen molar-refractivity contribution in [3.63, 3.8) is 0 Å². The molecule has 0 radical (unpaired) electrons. The first-order valence-electron chi connectivity index (χ1n) is 5.85. The third kappa shape index (κ3) is 2.98. The smallest absolute Gasteiger partial charge is 0.244 e. The normalized spacial score (nSPS) is 16.9. The molecular weight excluding hydrogens is 240 g/mol.